The summed E-state index contributed by atoms with van der Waals surface area (Å²) in [5.41, 5.74) is 5.03. The minimum atomic E-state index is 0.658. The van der Waals surface area contributed by atoms with Crippen LogP contribution < -0.4 is 5.32 Å². The van der Waals surface area contributed by atoms with E-state index in [4.69, 9.17) is 4.98 Å². The van der Waals surface area contributed by atoms with Crippen molar-refractivity contribution in [3.63, 3.8) is 0 Å². The van der Waals surface area contributed by atoms with Crippen LogP contribution in [0.25, 0.3) is 11.3 Å². The summed E-state index contributed by atoms with van der Waals surface area (Å²) in [6.07, 6.45) is 2.44. The maximum atomic E-state index is 4.88. The summed E-state index contributed by atoms with van der Waals surface area (Å²) < 4.78 is 0. The van der Waals surface area contributed by atoms with Crippen LogP contribution in [0, 0.1) is 13.8 Å². The molecule has 0 aliphatic carbocycles. The Kier molecular flexibility index (Phi) is 3.67. The first kappa shape index (κ1) is 12.8. The van der Waals surface area contributed by atoms with Gasteiger partial charge in [0.2, 0.25) is 0 Å². The third-order valence-corrected chi connectivity index (χ3v) is 4.74. The molecule has 3 rings (SSSR count). The van der Waals surface area contributed by atoms with E-state index in [0.29, 0.717) is 5.92 Å². The molecule has 1 aromatic carbocycles. The van der Waals surface area contributed by atoms with Crippen molar-refractivity contribution >= 4 is 11.3 Å². The molecule has 1 N–H and O–H groups in total. The quantitative estimate of drug-likeness (QED) is 0.897. The normalized spacial score (nSPS) is 16.7. The van der Waals surface area contributed by atoms with Crippen molar-refractivity contribution in [2.45, 2.75) is 32.6 Å². The van der Waals surface area contributed by atoms with Gasteiger partial charge in [0.25, 0.3) is 0 Å². The number of benzene rings is 1. The van der Waals surface area contributed by atoms with E-state index in [-0.39, 0.29) is 0 Å². The van der Waals surface area contributed by atoms with Crippen LogP contribution in [-0.2, 0) is 0 Å². The SMILES string of the molecule is Cc1cc(C)cc(-c2csc(C3CCNCC3)n2)c1. The largest absolute Gasteiger partial charge is 0.317 e. The van der Waals surface area contributed by atoms with Gasteiger partial charge in [-0.05, 0) is 51.9 Å². The number of aromatic nitrogens is 1. The summed E-state index contributed by atoms with van der Waals surface area (Å²) in [5, 5.41) is 6.94. The van der Waals surface area contributed by atoms with Crippen molar-refractivity contribution in [1.29, 1.82) is 0 Å². The summed E-state index contributed by atoms with van der Waals surface area (Å²) in [6.45, 7) is 6.55. The molecule has 2 heterocycles. The first-order valence-corrected chi connectivity index (χ1v) is 7.85. The van der Waals surface area contributed by atoms with E-state index in [0.717, 1.165) is 18.8 Å². The van der Waals surface area contributed by atoms with Gasteiger partial charge < -0.3 is 5.32 Å². The lowest BCUT2D eigenvalue weighted by atomic mass is 9.99. The summed E-state index contributed by atoms with van der Waals surface area (Å²) in [6, 6.07) is 6.67. The van der Waals surface area contributed by atoms with E-state index in [1.54, 1.807) is 0 Å². The molecule has 100 valence electrons. The molecule has 0 saturated carbocycles. The van der Waals surface area contributed by atoms with Crippen LogP contribution >= 0.6 is 11.3 Å². The van der Waals surface area contributed by atoms with Gasteiger partial charge in [0.1, 0.15) is 0 Å². The van der Waals surface area contributed by atoms with E-state index in [2.05, 4.69) is 42.7 Å². The van der Waals surface area contributed by atoms with Crippen LogP contribution in [-0.4, -0.2) is 18.1 Å². The summed E-state index contributed by atoms with van der Waals surface area (Å²) in [5.74, 6) is 0.658. The Morgan fingerprint density at radius 2 is 1.79 bits per heavy atom. The maximum absolute atomic E-state index is 4.88. The third kappa shape index (κ3) is 2.88. The maximum Gasteiger partial charge on any atom is 0.0964 e. The van der Waals surface area contributed by atoms with Crippen molar-refractivity contribution < 1.29 is 0 Å². The highest BCUT2D eigenvalue weighted by Gasteiger charge is 2.18. The van der Waals surface area contributed by atoms with E-state index in [1.165, 1.54) is 34.5 Å². The Labute approximate surface area is 118 Å². The van der Waals surface area contributed by atoms with E-state index in [9.17, 15) is 0 Å². The molecule has 0 unspecified atom stereocenters. The highest BCUT2D eigenvalue weighted by Crippen LogP contribution is 2.31. The van der Waals surface area contributed by atoms with Gasteiger partial charge in [-0.2, -0.15) is 0 Å². The predicted molar refractivity (Wildman–Crippen MR) is 81.9 cm³/mol. The van der Waals surface area contributed by atoms with Crippen molar-refractivity contribution in [3.8, 4) is 11.3 Å². The van der Waals surface area contributed by atoms with Gasteiger partial charge in [-0.3, -0.25) is 0 Å². The fourth-order valence-electron chi connectivity index (χ4n) is 2.80. The standard InChI is InChI=1S/C16H20N2S/c1-11-7-12(2)9-14(8-11)15-10-19-16(18-15)13-3-5-17-6-4-13/h7-10,13,17H,3-6H2,1-2H3. The van der Waals surface area contributed by atoms with Crippen LogP contribution in [0.2, 0.25) is 0 Å². The first-order valence-electron chi connectivity index (χ1n) is 6.97. The second-order valence-corrected chi connectivity index (χ2v) is 6.36. The van der Waals surface area contributed by atoms with Crippen molar-refractivity contribution in [2.24, 2.45) is 0 Å². The van der Waals surface area contributed by atoms with Crippen molar-refractivity contribution in [2.75, 3.05) is 13.1 Å². The summed E-state index contributed by atoms with van der Waals surface area (Å²) in [7, 11) is 0. The van der Waals surface area contributed by atoms with E-state index in [1.807, 2.05) is 11.3 Å². The lowest BCUT2D eigenvalue weighted by molar-refractivity contribution is 0.459. The number of piperidine rings is 1. The number of hydrogen-bond acceptors (Lipinski definition) is 3. The van der Waals surface area contributed by atoms with Crippen LogP contribution in [0.15, 0.2) is 23.6 Å². The zero-order valence-electron chi connectivity index (χ0n) is 11.6. The Morgan fingerprint density at radius 3 is 2.47 bits per heavy atom. The first-order chi connectivity index (χ1) is 9.22. The topological polar surface area (TPSA) is 24.9 Å². The number of nitrogens with zero attached hydrogens (tertiary/aromatic N) is 1. The van der Waals surface area contributed by atoms with Crippen LogP contribution in [0.1, 0.15) is 34.9 Å². The van der Waals surface area contributed by atoms with E-state index < -0.39 is 0 Å². The molecule has 0 bridgehead atoms. The molecule has 1 aliphatic heterocycles. The molecule has 2 aromatic rings. The lowest BCUT2D eigenvalue weighted by Gasteiger charge is -2.20. The molecule has 0 atom stereocenters. The molecule has 0 amide bonds. The minimum Gasteiger partial charge on any atom is -0.317 e. The van der Waals surface area contributed by atoms with Gasteiger partial charge in [-0.25, -0.2) is 4.98 Å². The molecule has 1 aliphatic rings. The Morgan fingerprint density at radius 1 is 1.11 bits per heavy atom. The molecule has 19 heavy (non-hydrogen) atoms. The number of aryl methyl sites for hydroxylation is 2. The fourth-order valence-corrected chi connectivity index (χ4v) is 3.80. The predicted octanol–water partition coefficient (Wildman–Crippen LogP) is 3.89. The zero-order valence-corrected chi connectivity index (χ0v) is 12.4. The Hall–Kier alpha value is -1.19. The summed E-state index contributed by atoms with van der Waals surface area (Å²) in [4.78, 5) is 4.88. The second kappa shape index (κ2) is 5.43. The monoisotopic (exact) mass is 272 g/mol. The summed E-state index contributed by atoms with van der Waals surface area (Å²) >= 11 is 1.82. The number of nitrogens with one attached hydrogen (secondary N) is 1. The number of hydrogen-bond donors (Lipinski definition) is 1. The van der Waals surface area contributed by atoms with Crippen LogP contribution in [0.3, 0.4) is 0 Å². The second-order valence-electron chi connectivity index (χ2n) is 5.47. The number of rotatable bonds is 2. The van der Waals surface area contributed by atoms with Gasteiger partial charge in [-0.15, -0.1) is 11.3 Å². The van der Waals surface area contributed by atoms with Gasteiger partial charge >= 0.3 is 0 Å². The van der Waals surface area contributed by atoms with Gasteiger partial charge in [0, 0.05) is 16.9 Å². The molecule has 2 nitrogen and oxygen atoms in total. The van der Waals surface area contributed by atoms with Crippen LogP contribution in [0.4, 0.5) is 0 Å². The van der Waals surface area contributed by atoms with Crippen molar-refractivity contribution in [3.05, 3.63) is 39.7 Å². The van der Waals surface area contributed by atoms with Crippen molar-refractivity contribution in [1.82, 2.24) is 10.3 Å². The van der Waals surface area contributed by atoms with Gasteiger partial charge in [-0.1, -0.05) is 17.2 Å². The Balaban J connectivity index is 1.87. The zero-order chi connectivity index (χ0) is 13.2. The number of thiazole rings is 1. The molecular weight excluding hydrogens is 252 g/mol. The minimum absolute atomic E-state index is 0.658. The lowest BCUT2D eigenvalue weighted by Crippen LogP contribution is -2.26. The molecule has 0 radical (unpaired) electrons. The fraction of sp³-hybridized carbons (Fsp3) is 0.438. The van der Waals surface area contributed by atoms with E-state index >= 15 is 0 Å². The molecule has 3 heteroatoms. The van der Waals surface area contributed by atoms with Crippen LogP contribution in [0.5, 0.6) is 0 Å². The average Bonchev–Trinajstić information content (AvgIpc) is 2.88. The highest BCUT2D eigenvalue weighted by molar-refractivity contribution is 7.10. The molecule has 1 fully saturated rings. The molecule has 1 saturated heterocycles. The molecule has 1 aromatic heterocycles. The molecular formula is C16H20N2S. The Bertz CT molecular complexity index is 548. The third-order valence-electron chi connectivity index (χ3n) is 3.73. The van der Waals surface area contributed by atoms with Gasteiger partial charge in [0.05, 0.1) is 10.7 Å². The average molecular weight is 272 g/mol. The highest BCUT2D eigenvalue weighted by atomic mass is 32.1. The van der Waals surface area contributed by atoms with Gasteiger partial charge in [0.15, 0.2) is 0 Å². The molecule has 0 spiro atoms. The smallest absolute Gasteiger partial charge is 0.0964 e.